The summed E-state index contributed by atoms with van der Waals surface area (Å²) in [6.07, 6.45) is 0.198. The highest BCUT2D eigenvalue weighted by Gasteiger charge is 2.31. The topological polar surface area (TPSA) is 79.0 Å². The van der Waals surface area contributed by atoms with Crippen LogP contribution in [-0.4, -0.2) is 48.4 Å². The molecule has 2 aliphatic rings. The van der Waals surface area contributed by atoms with E-state index in [1.54, 1.807) is 24.3 Å². The summed E-state index contributed by atoms with van der Waals surface area (Å²) in [6, 6.07) is 9.11. The number of fused-ring (bicyclic) bond motifs is 1. The molecular weight excluding hydrogens is 413 g/mol. The first-order chi connectivity index (χ1) is 14.3. The van der Waals surface area contributed by atoms with Crippen LogP contribution in [0.1, 0.15) is 12.5 Å². The molecule has 156 valence electrons. The molecule has 2 aromatic carbocycles. The van der Waals surface area contributed by atoms with E-state index in [1.807, 2.05) is 11.8 Å². The summed E-state index contributed by atoms with van der Waals surface area (Å²) in [4.78, 5) is 40.0. The second kappa shape index (κ2) is 7.95. The highest BCUT2D eigenvalue weighted by Crippen LogP contribution is 2.29. The van der Waals surface area contributed by atoms with Gasteiger partial charge >= 0.3 is 17.8 Å². The zero-order valence-corrected chi connectivity index (χ0v) is 16.9. The van der Waals surface area contributed by atoms with Crippen molar-refractivity contribution in [2.75, 3.05) is 29.9 Å². The molecule has 0 radical (unpaired) electrons. The SMILES string of the molecule is C[C@@H]1CN(c2ccc(F)c(Cl)c2)CCN1C(=O)C(=O)Nc1ccc2c(c1)OC(=O)C2. The molecule has 1 saturated heterocycles. The molecule has 0 spiro atoms. The van der Waals surface area contributed by atoms with Crippen molar-refractivity contribution < 1.29 is 23.5 Å². The van der Waals surface area contributed by atoms with Gasteiger partial charge in [0.15, 0.2) is 0 Å². The third-order valence-electron chi connectivity index (χ3n) is 5.23. The minimum Gasteiger partial charge on any atom is -0.426 e. The molecule has 0 bridgehead atoms. The highest BCUT2D eigenvalue weighted by atomic mass is 35.5. The molecule has 1 fully saturated rings. The van der Waals surface area contributed by atoms with Crippen LogP contribution in [-0.2, 0) is 20.8 Å². The van der Waals surface area contributed by atoms with Crippen molar-refractivity contribution in [1.29, 1.82) is 0 Å². The average Bonchev–Trinajstić information content (AvgIpc) is 3.08. The molecule has 0 aliphatic carbocycles. The summed E-state index contributed by atoms with van der Waals surface area (Å²) < 4.78 is 18.5. The minimum absolute atomic E-state index is 0.0399. The van der Waals surface area contributed by atoms with Crippen molar-refractivity contribution in [3.8, 4) is 5.75 Å². The summed E-state index contributed by atoms with van der Waals surface area (Å²) in [7, 11) is 0. The Morgan fingerprint density at radius 3 is 2.73 bits per heavy atom. The van der Waals surface area contributed by atoms with Crippen molar-refractivity contribution in [2.24, 2.45) is 0 Å². The lowest BCUT2D eigenvalue weighted by Gasteiger charge is -2.40. The number of nitrogens with one attached hydrogen (secondary N) is 1. The number of esters is 1. The van der Waals surface area contributed by atoms with E-state index in [2.05, 4.69) is 5.32 Å². The largest absolute Gasteiger partial charge is 0.426 e. The van der Waals surface area contributed by atoms with Gasteiger partial charge in [-0.3, -0.25) is 14.4 Å². The third-order valence-corrected chi connectivity index (χ3v) is 5.52. The molecule has 7 nitrogen and oxygen atoms in total. The number of halogens is 2. The molecule has 30 heavy (non-hydrogen) atoms. The van der Waals surface area contributed by atoms with Gasteiger partial charge in [0.25, 0.3) is 0 Å². The maximum atomic E-state index is 13.4. The van der Waals surface area contributed by atoms with E-state index < -0.39 is 17.6 Å². The molecule has 1 atom stereocenters. The third kappa shape index (κ3) is 3.95. The van der Waals surface area contributed by atoms with Gasteiger partial charge in [-0.25, -0.2) is 4.39 Å². The Balaban J connectivity index is 1.39. The number of carbonyl (C=O) groups excluding carboxylic acids is 3. The molecular formula is C21H19ClFN3O4. The van der Waals surface area contributed by atoms with Gasteiger partial charge in [-0.15, -0.1) is 0 Å². The first kappa shape index (κ1) is 20.2. The van der Waals surface area contributed by atoms with E-state index in [4.69, 9.17) is 16.3 Å². The fraction of sp³-hybridized carbons (Fsp3) is 0.286. The quantitative estimate of drug-likeness (QED) is 0.449. The standard InChI is InChI=1S/C21H19ClFN3O4/c1-12-11-25(15-4-5-17(23)16(22)10-15)6-7-26(12)21(29)20(28)24-14-3-2-13-8-19(27)30-18(13)9-14/h2-5,9-10,12H,6-8,11H2,1H3,(H,24,28)/t12-/m1/s1. The lowest BCUT2D eigenvalue weighted by atomic mass is 10.1. The Morgan fingerprint density at radius 2 is 2.00 bits per heavy atom. The first-order valence-corrected chi connectivity index (χ1v) is 9.85. The second-order valence-electron chi connectivity index (χ2n) is 7.32. The lowest BCUT2D eigenvalue weighted by Crippen LogP contribution is -2.56. The summed E-state index contributed by atoms with van der Waals surface area (Å²) in [5, 5.41) is 2.61. The fourth-order valence-electron chi connectivity index (χ4n) is 3.68. The Morgan fingerprint density at radius 1 is 1.20 bits per heavy atom. The predicted molar refractivity (Wildman–Crippen MR) is 109 cm³/mol. The molecule has 1 N–H and O–H groups in total. The van der Waals surface area contributed by atoms with Crippen LogP contribution in [0.4, 0.5) is 15.8 Å². The molecule has 9 heteroatoms. The van der Waals surface area contributed by atoms with E-state index in [-0.39, 0.29) is 23.5 Å². The Kier molecular flexibility index (Phi) is 5.34. The van der Waals surface area contributed by atoms with Crippen LogP contribution in [0.5, 0.6) is 5.75 Å². The number of hydrogen-bond donors (Lipinski definition) is 1. The van der Waals surface area contributed by atoms with Gasteiger partial charge in [-0.2, -0.15) is 0 Å². The number of ether oxygens (including phenoxy) is 1. The maximum absolute atomic E-state index is 13.4. The monoisotopic (exact) mass is 431 g/mol. The zero-order chi connectivity index (χ0) is 21.4. The van der Waals surface area contributed by atoms with Crippen molar-refractivity contribution in [3.05, 3.63) is 52.8 Å². The normalized spacial score (nSPS) is 18.1. The lowest BCUT2D eigenvalue weighted by molar-refractivity contribution is -0.144. The maximum Gasteiger partial charge on any atom is 0.315 e. The summed E-state index contributed by atoms with van der Waals surface area (Å²) in [6.45, 7) is 3.15. The number of benzene rings is 2. The molecule has 2 amide bonds. The second-order valence-corrected chi connectivity index (χ2v) is 7.73. The number of hydrogen-bond acceptors (Lipinski definition) is 5. The Bertz CT molecular complexity index is 1040. The van der Waals surface area contributed by atoms with Crippen LogP contribution in [0, 0.1) is 5.82 Å². The number of nitrogens with zero attached hydrogens (tertiary/aromatic N) is 2. The zero-order valence-electron chi connectivity index (χ0n) is 16.2. The van der Waals surface area contributed by atoms with Crippen LogP contribution in [0.2, 0.25) is 5.02 Å². The molecule has 0 aromatic heterocycles. The molecule has 4 rings (SSSR count). The number of rotatable bonds is 2. The van der Waals surface area contributed by atoms with Crippen molar-refractivity contribution >= 4 is 40.8 Å². The average molecular weight is 432 g/mol. The van der Waals surface area contributed by atoms with Gasteiger partial charge in [0.1, 0.15) is 11.6 Å². The van der Waals surface area contributed by atoms with Gasteiger partial charge in [0.05, 0.1) is 11.4 Å². The molecule has 0 unspecified atom stereocenters. The molecule has 0 saturated carbocycles. The summed E-state index contributed by atoms with van der Waals surface area (Å²) in [5.41, 5.74) is 1.89. The van der Waals surface area contributed by atoms with Crippen LogP contribution < -0.4 is 15.0 Å². The van der Waals surface area contributed by atoms with Gasteiger partial charge in [0.2, 0.25) is 0 Å². The van der Waals surface area contributed by atoms with Crippen molar-refractivity contribution in [2.45, 2.75) is 19.4 Å². The molecule has 2 aromatic rings. The summed E-state index contributed by atoms with van der Waals surface area (Å²) >= 11 is 5.86. The number of amides is 2. The Labute approximate surface area is 177 Å². The van der Waals surface area contributed by atoms with Crippen LogP contribution in [0.25, 0.3) is 0 Å². The van der Waals surface area contributed by atoms with Crippen LogP contribution >= 0.6 is 11.6 Å². The van der Waals surface area contributed by atoms with Gasteiger partial charge in [-0.1, -0.05) is 17.7 Å². The van der Waals surface area contributed by atoms with E-state index in [1.165, 1.54) is 17.0 Å². The van der Waals surface area contributed by atoms with Crippen LogP contribution in [0.3, 0.4) is 0 Å². The smallest absolute Gasteiger partial charge is 0.315 e. The number of anilines is 2. The first-order valence-electron chi connectivity index (χ1n) is 9.47. The van der Waals surface area contributed by atoms with Gasteiger partial charge in [0, 0.05) is 48.7 Å². The van der Waals surface area contributed by atoms with Crippen LogP contribution in [0.15, 0.2) is 36.4 Å². The van der Waals surface area contributed by atoms with E-state index in [0.29, 0.717) is 31.1 Å². The van der Waals surface area contributed by atoms with Crippen molar-refractivity contribution in [1.82, 2.24) is 4.90 Å². The van der Waals surface area contributed by atoms with Crippen molar-refractivity contribution in [3.63, 3.8) is 0 Å². The van der Waals surface area contributed by atoms with E-state index in [0.717, 1.165) is 11.3 Å². The number of carbonyl (C=O) groups is 3. The predicted octanol–water partition coefficient (Wildman–Crippen LogP) is 2.62. The Hall–Kier alpha value is -3.13. The number of piperazine rings is 1. The van der Waals surface area contributed by atoms with E-state index >= 15 is 0 Å². The van der Waals surface area contributed by atoms with E-state index in [9.17, 15) is 18.8 Å². The van der Waals surface area contributed by atoms with Gasteiger partial charge in [-0.05, 0) is 31.2 Å². The molecule has 2 aliphatic heterocycles. The minimum atomic E-state index is -0.760. The fourth-order valence-corrected chi connectivity index (χ4v) is 3.85. The van der Waals surface area contributed by atoms with Gasteiger partial charge < -0.3 is 19.9 Å². The highest BCUT2D eigenvalue weighted by molar-refractivity contribution is 6.39. The summed E-state index contributed by atoms with van der Waals surface area (Å²) in [5.74, 6) is -1.84. The molecule has 2 heterocycles.